The molecule has 9 heteroatoms. The van der Waals surface area contributed by atoms with Crippen molar-refractivity contribution in [1.29, 1.82) is 0 Å². The summed E-state index contributed by atoms with van der Waals surface area (Å²) in [7, 11) is 2.70. The van der Waals surface area contributed by atoms with Crippen LogP contribution in [-0.4, -0.2) is 47.7 Å². The van der Waals surface area contributed by atoms with Gasteiger partial charge in [0, 0.05) is 18.3 Å². The average molecular weight is 466 g/mol. The molecule has 0 radical (unpaired) electrons. The van der Waals surface area contributed by atoms with Crippen molar-refractivity contribution in [3.63, 3.8) is 0 Å². The van der Waals surface area contributed by atoms with Crippen molar-refractivity contribution < 1.29 is 23.5 Å². The summed E-state index contributed by atoms with van der Waals surface area (Å²) in [6, 6.07) is 15.8. The maximum Gasteiger partial charge on any atom is 0.338 e. The Bertz CT molecular complexity index is 1160. The van der Waals surface area contributed by atoms with Crippen LogP contribution in [0, 0.1) is 0 Å². The maximum atomic E-state index is 12.2. The largest absolute Gasteiger partial charge is 0.469 e. The molecule has 1 fully saturated rings. The number of rotatable bonds is 7. The van der Waals surface area contributed by atoms with Crippen molar-refractivity contribution in [2.24, 2.45) is 0 Å². The zero-order valence-corrected chi connectivity index (χ0v) is 19.0. The van der Waals surface area contributed by atoms with Crippen molar-refractivity contribution in [3.05, 3.63) is 77.8 Å². The second-order valence-electron chi connectivity index (χ2n) is 7.39. The number of nitrogens with one attached hydrogen (secondary N) is 1. The molecule has 1 aliphatic rings. The van der Waals surface area contributed by atoms with Gasteiger partial charge in [-0.25, -0.2) is 4.79 Å². The lowest BCUT2D eigenvalue weighted by Crippen LogP contribution is -2.31. The highest BCUT2D eigenvalue weighted by Gasteiger charge is 2.41. The molecule has 170 valence electrons. The normalized spacial score (nSPS) is 17.5. The molecule has 8 nitrogen and oxygen atoms in total. The molecule has 1 aromatic carbocycles. The van der Waals surface area contributed by atoms with Gasteiger partial charge in [-0.3, -0.25) is 9.78 Å². The third-order valence-electron chi connectivity index (χ3n) is 5.50. The van der Waals surface area contributed by atoms with E-state index in [9.17, 15) is 9.59 Å². The molecule has 1 saturated heterocycles. The molecule has 0 saturated carbocycles. The fourth-order valence-corrected chi connectivity index (χ4v) is 4.24. The van der Waals surface area contributed by atoms with Crippen LogP contribution in [0.4, 0.5) is 0 Å². The van der Waals surface area contributed by atoms with Gasteiger partial charge in [0.05, 0.1) is 37.9 Å². The van der Waals surface area contributed by atoms with E-state index in [-0.39, 0.29) is 24.5 Å². The Kier molecular flexibility index (Phi) is 6.69. The topological polar surface area (TPSA) is 93.9 Å². The van der Waals surface area contributed by atoms with Gasteiger partial charge in [0.1, 0.15) is 17.6 Å². The molecule has 3 aromatic rings. The highest BCUT2D eigenvalue weighted by atomic mass is 32.1. The Labute approximate surface area is 196 Å². The summed E-state index contributed by atoms with van der Waals surface area (Å²) >= 11 is 5.59. The van der Waals surface area contributed by atoms with Crippen LogP contribution < -0.4 is 5.32 Å². The van der Waals surface area contributed by atoms with Gasteiger partial charge >= 0.3 is 11.9 Å². The minimum absolute atomic E-state index is 0.169. The van der Waals surface area contributed by atoms with Crippen LogP contribution in [0.15, 0.2) is 65.2 Å². The van der Waals surface area contributed by atoms with E-state index in [1.807, 2.05) is 41.3 Å². The smallest absolute Gasteiger partial charge is 0.338 e. The van der Waals surface area contributed by atoms with Crippen LogP contribution in [0.1, 0.15) is 40.3 Å². The number of aromatic nitrogens is 1. The number of thiocarbonyl (C=S) groups is 1. The van der Waals surface area contributed by atoms with Crippen LogP contribution in [-0.2, 0) is 14.3 Å². The Morgan fingerprint density at radius 1 is 1.09 bits per heavy atom. The number of benzene rings is 1. The zero-order valence-electron chi connectivity index (χ0n) is 18.2. The van der Waals surface area contributed by atoms with Gasteiger partial charge in [-0.2, -0.15) is 0 Å². The summed E-state index contributed by atoms with van der Waals surface area (Å²) < 4.78 is 16.0. The molecule has 0 spiro atoms. The Morgan fingerprint density at radius 2 is 1.88 bits per heavy atom. The number of carbonyl (C=O) groups is 2. The maximum absolute atomic E-state index is 12.2. The molecule has 0 unspecified atom stereocenters. The lowest BCUT2D eigenvalue weighted by Gasteiger charge is -2.25. The Hall–Kier alpha value is -3.72. The fraction of sp³-hybridized carbons (Fsp3) is 0.250. The van der Waals surface area contributed by atoms with E-state index in [0.29, 0.717) is 34.3 Å². The third-order valence-corrected chi connectivity index (χ3v) is 5.85. The van der Waals surface area contributed by atoms with Gasteiger partial charge in [-0.05, 0) is 42.5 Å². The fourth-order valence-electron chi connectivity index (χ4n) is 3.91. The Morgan fingerprint density at radius 3 is 2.61 bits per heavy atom. The molecular weight excluding hydrogens is 442 g/mol. The molecule has 4 rings (SSSR count). The van der Waals surface area contributed by atoms with Crippen LogP contribution in [0.3, 0.4) is 0 Å². The summed E-state index contributed by atoms with van der Waals surface area (Å²) in [5.41, 5.74) is 1.82. The number of nitrogens with zero attached hydrogens (tertiary/aromatic N) is 2. The van der Waals surface area contributed by atoms with Gasteiger partial charge in [-0.15, -0.1) is 0 Å². The second-order valence-corrected chi connectivity index (χ2v) is 7.77. The first-order valence-corrected chi connectivity index (χ1v) is 10.8. The summed E-state index contributed by atoms with van der Waals surface area (Å²) in [6.45, 7) is 0.348. The molecule has 0 aliphatic carbocycles. The van der Waals surface area contributed by atoms with Gasteiger partial charge < -0.3 is 24.1 Å². The number of hydrogen-bond donors (Lipinski definition) is 1. The number of furan rings is 1. The monoisotopic (exact) mass is 465 g/mol. The molecule has 2 aromatic heterocycles. The third kappa shape index (κ3) is 4.58. The standard InChI is InChI=1S/C24H23N3O5S/c1-30-20(28)12-14-27-22(21(26-24(27)33)17-9-5-6-13-25-17)19-11-10-18(32-19)15-7-3-4-8-16(15)23(29)31-2/h3-11,13,21-22H,12,14H2,1-2H3,(H,26,33)/t21-,22+/m0/s1. The SMILES string of the molecule is COC(=O)CCN1C(=S)N[C@@H](c2ccccn2)[C@H]1c1ccc(-c2ccccc2C(=O)OC)o1. The molecule has 1 N–H and O–H groups in total. The highest BCUT2D eigenvalue weighted by molar-refractivity contribution is 7.80. The van der Waals surface area contributed by atoms with Crippen molar-refractivity contribution in [2.45, 2.75) is 18.5 Å². The summed E-state index contributed by atoms with van der Waals surface area (Å²) in [4.78, 5) is 30.4. The summed E-state index contributed by atoms with van der Waals surface area (Å²) in [6.07, 6.45) is 1.89. The first-order chi connectivity index (χ1) is 16.0. The summed E-state index contributed by atoms with van der Waals surface area (Å²) in [5, 5.41) is 3.80. The van der Waals surface area contributed by atoms with Crippen LogP contribution in [0.2, 0.25) is 0 Å². The number of ether oxygens (including phenoxy) is 2. The van der Waals surface area contributed by atoms with E-state index < -0.39 is 5.97 Å². The number of esters is 2. The first kappa shape index (κ1) is 22.5. The lowest BCUT2D eigenvalue weighted by atomic mass is 10.0. The van der Waals surface area contributed by atoms with Crippen molar-refractivity contribution in [2.75, 3.05) is 20.8 Å². The number of hydrogen-bond acceptors (Lipinski definition) is 7. The number of carbonyl (C=O) groups excluding carboxylic acids is 2. The van der Waals surface area contributed by atoms with E-state index in [1.165, 1.54) is 14.2 Å². The van der Waals surface area contributed by atoms with E-state index >= 15 is 0 Å². The minimum Gasteiger partial charge on any atom is -0.469 e. The molecule has 33 heavy (non-hydrogen) atoms. The van der Waals surface area contributed by atoms with Crippen molar-refractivity contribution in [3.8, 4) is 11.3 Å². The molecular formula is C24H23N3O5S. The minimum atomic E-state index is -0.446. The van der Waals surface area contributed by atoms with E-state index in [1.54, 1.807) is 24.4 Å². The van der Waals surface area contributed by atoms with Crippen molar-refractivity contribution >= 4 is 29.3 Å². The zero-order chi connectivity index (χ0) is 23.4. The van der Waals surface area contributed by atoms with Crippen molar-refractivity contribution in [1.82, 2.24) is 15.2 Å². The van der Waals surface area contributed by atoms with Gasteiger partial charge in [-0.1, -0.05) is 24.3 Å². The average Bonchev–Trinajstić information content (AvgIpc) is 3.47. The van der Waals surface area contributed by atoms with Crippen LogP contribution >= 0.6 is 12.2 Å². The van der Waals surface area contributed by atoms with Gasteiger partial charge in [0.2, 0.25) is 0 Å². The van der Waals surface area contributed by atoms with E-state index in [4.69, 9.17) is 26.1 Å². The molecule has 0 bridgehead atoms. The number of pyridine rings is 1. The molecule has 2 atom stereocenters. The highest BCUT2D eigenvalue weighted by Crippen LogP contribution is 2.40. The van der Waals surface area contributed by atoms with E-state index in [2.05, 4.69) is 10.3 Å². The molecule has 0 amide bonds. The van der Waals surface area contributed by atoms with E-state index in [0.717, 1.165) is 5.69 Å². The predicted octanol–water partition coefficient (Wildman–Crippen LogP) is 3.66. The number of methoxy groups -OCH3 is 2. The molecule has 1 aliphatic heterocycles. The van der Waals surface area contributed by atoms with Gasteiger partial charge in [0.25, 0.3) is 0 Å². The lowest BCUT2D eigenvalue weighted by molar-refractivity contribution is -0.140. The summed E-state index contributed by atoms with van der Waals surface area (Å²) in [5.74, 6) is 0.373. The predicted molar refractivity (Wildman–Crippen MR) is 124 cm³/mol. The Balaban J connectivity index is 1.72. The van der Waals surface area contributed by atoms with Crippen LogP contribution in [0.25, 0.3) is 11.3 Å². The van der Waals surface area contributed by atoms with Crippen LogP contribution in [0.5, 0.6) is 0 Å². The first-order valence-electron chi connectivity index (χ1n) is 10.4. The molecule has 3 heterocycles. The second kappa shape index (κ2) is 9.83. The quantitative estimate of drug-likeness (QED) is 0.414. The van der Waals surface area contributed by atoms with Gasteiger partial charge in [0.15, 0.2) is 5.11 Å².